The van der Waals surface area contributed by atoms with Crippen LogP contribution >= 0.6 is 0 Å². The highest BCUT2D eigenvalue weighted by atomic mass is 32.2. The Bertz CT molecular complexity index is 910. The van der Waals surface area contributed by atoms with Crippen molar-refractivity contribution in [2.75, 3.05) is 25.5 Å². The Morgan fingerprint density at radius 1 is 1.15 bits per heavy atom. The molecule has 6 nitrogen and oxygen atoms in total. The van der Waals surface area contributed by atoms with E-state index in [1.807, 2.05) is 31.2 Å². The second-order valence-corrected chi connectivity index (χ2v) is 8.62. The van der Waals surface area contributed by atoms with E-state index < -0.39 is 10.0 Å². The van der Waals surface area contributed by atoms with Gasteiger partial charge in [0, 0.05) is 18.8 Å². The molecule has 1 aliphatic rings. The zero-order chi connectivity index (χ0) is 19.4. The molecule has 1 amide bonds. The quantitative estimate of drug-likeness (QED) is 0.854. The number of carbonyl (C=O) groups excluding carboxylic acids is 1. The predicted molar refractivity (Wildman–Crippen MR) is 104 cm³/mol. The van der Waals surface area contributed by atoms with Crippen LogP contribution in [-0.4, -0.2) is 38.8 Å². The molecule has 0 aromatic heterocycles. The number of ether oxygens (including phenoxy) is 1. The van der Waals surface area contributed by atoms with Gasteiger partial charge in [0.25, 0.3) is 0 Å². The maximum absolute atomic E-state index is 12.9. The van der Waals surface area contributed by atoms with Gasteiger partial charge in [0.2, 0.25) is 15.9 Å². The second kappa shape index (κ2) is 8.10. The van der Waals surface area contributed by atoms with Crippen molar-refractivity contribution in [3.05, 3.63) is 54.1 Å². The molecule has 0 saturated carbocycles. The lowest BCUT2D eigenvalue weighted by Gasteiger charge is -2.31. The van der Waals surface area contributed by atoms with Crippen molar-refractivity contribution < 1.29 is 17.9 Å². The first-order valence-electron chi connectivity index (χ1n) is 8.92. The Morgan fingerprint density at radius 3 is 2.52 bits per heavy atom. The summed E-state index contributed by atoms with van der Waals surface area (Å²) in [5, 5.41) is 2.93. The van der Waals surface area contributed by atoms with Crippen molar-refractivity contribution in [3.63, 3.8) is 0 Å². The number of carbonyl (C=O) groups is 1. The monoisotopic (exact) mass is 388 g/mol. The van der Waals surface area contributed by atoms with E-state index in [1.54, 1.807) is 12.1 Å². The van der Waals surface area contributed by atoms with Crippen LogP contribution in [0.15, 0.2) is 53.4 Å². The molecule has 1 saturated heterocycles. The number of piperidine rings is 1. The van der Waals surface area contributed by atoms with E-state index >= 15 is 0 Å². The largest absolute Gasteiger partial charge is 0.497 e. The number of nitrogens with zero attached hydrogens (tertiary/aromatic N) is 1. The summed E-state index contributed by atoms with van der Waals surface area (Å²) < 4.78 is 32.3. The standard InChI is InChI=1S/C20H24N2O4S/c1-15-6-3-4-8-19(15)21-20(23)16-7-5-13-22(14-16)27(24,25)18-11-9-17(26-2)10-12-18/h3-4,6,8-12,16H,5,7,13-14H2,1-2H3,(H,21,23)/t16-/m1/s1. The van der Waals surface area contributed by atoms with Gasteiger partial charge in [-0.2, -0.15) is 4.31 Å². The minimum Gasteiger partial charge on any atom is -0.497 e. The Hall–Kier alpha value is -2.38. The van der Waals surface area contributed by atoms with E-state index in [1.165, 1.54) is 23.5 Å². The normalized spacial score (nSPS) is 18.1. The smallest absolute Gasteiger partial charge is 0.243 e. The minimum atomic E-state index is -3.64. The third kappa shape index (κ3) is 4.31. The van der Waals surface area contributed by atoms with Crippen LogP contribution in [0.5, 0.6) is 5.75 Å². The maximum atomic E-state index is 12.9. The summed E-state index contributed by atoms with van der Waals surface area (Å²) in [7, 11) is -2.10. The molecule has 0 aliphatic carbocycles. The number of nitrogens with one attached hydrogen (secondary N) is 1. The molecule has 1 fully saturated rings. The summed E-state index contributed by atoms with van der Waals surface area (Å²) in [6.45, 7) is 2.53. The van der Waals surface area contributed by atoms with Crippen LogP contribution in [0.25, 0.3) is 0 Å². The third-order valence-electron chi connectivity index (χ3n) is 4.86. The van der Waals surface area contributed by atoms with Crippen LogP contribution in [0.4, 0.5) is 5.69 Å². The van der Waals surface area contributed by atoms with Gasteiger partial charge in [-0.05, 0) is 55.7 Å². The number of benzene rings is 2. The first-order chi connectivity index (χ1) is 12.9. The number of amides is 1. The first-order valence-corrected chi connectivity index (χ1v) is 10.4. The zero-order valence-electron chi connectivity index (χ0n) is 15.5. The lowest BCUT2D eigenvalue weighted by Crippen LogP contribution is -2.43. The predicted octanol–water partition coefficient (Wildman–Crippen LogP) is 3.04. The molecule has 1 heterocycles. The number of aryl methyl sites for hydroxylation is 1. The lowest BCUT2D eigenvalue weighted by atomic mass is 9.98. The van der Waals surface area contributed by atoms with E-state index in [-0.39, 0.29) is 23.3 Å². The number of rotatable bonds is 5. The van der Waals surface area contributed by atoms with Gasteiger partial charge < -0.3 is 10.1 Å². The van der Waals surface area contributed by atoms with Gasteiger partial charge in [0.05, 0.1) is 17.9 Å². The third-order valence-corrected chi connectivity index (χ3v) is 6.73. The Morgan fingerprint density at radius 2 is 1.85 bits per heavy atom. The lowest BCUT2D eigenvalue weighted by molar-refractivity contribution is -0.120. The molecule has 1 N–H and O–H groups in total. The number of methoxy groups -OCH3 is 1. The Kier molecular flexibility index (Phi) is 5.82. The molecule has 0 bridgehead atoms. The van der Waals surface area contributed by atoms with Crippen LogP contribution in [0, 0.1) is 12.8 Å². The van der Waals surface area contributed by atoms with Gasteiger partial charge in [0.1, 0.15) is 5.75 Å². The average molecular weight is 388 g/mol. The topological polar surface area (TPSA) is 75.7 Å². The molecular formula is C20H24N2O4S. The van der Waals surface area contributed by atoms with Crippen LogP contribution in [0.2, 0.25) is 0 Å². The van der Waals surface area contributed by atoms with E-state index in [0.717, 1.165) is 11.3 Å². The summed E-state index contributed by atoms with van der Waals surface area (Å²) >= 11 is 0. The summed E-state index contributed by atoms with van der Waals surface area (Å²) in [6, 6.07) is 13.9. The molecule has 1 atom stereocenters. The summed E-state index contributed by atoms with van der Waals surface area (Å²) in [4.78, 5) is 12.9. The molecular weight excluding hydrogens is 364 g/mol. The van der Waals surface area contributed by atoms with Crippen molar-refractivity contribution in [3.8, 4) is 5.75 Å². The molecule has 0 spiro atoms. The molecule has 3 rings (SSSR count). The summed E-state index contributed by atoms with van der Waals surface area (Å²) in [5.41, 5.74) is 1.74. The molecule has 0 unspecified atom stereocenters. The fourth-order valence-electron chi connectivity index (χ4n) is 3.22. The fraction of sp³-hybridized carbons (Fsp3) is 0.350. The maximum Gasteiger partial charge on any atom is 0.243 e. The highest BCUT2D eigenvalue weighted by molar-refractivity contribution is 7.89. The molecule has 0 radical (unpaired) electrons. The van der Waals surface area contributed by atoms with Crippen LogP contribution in [-0.2, 0) is 14.8 Å². The molecule has 7 heteroatoms. The Labute approximate surface area is 160 Å². The van der Waals surface area contributed by atoms with Crippen molar-refractivity contribution in [2.45, 2.75) is 24.7 Å². The van der Waals surface area contributed by atoms with E-state index in [2.05, 4.69) is 5.32 Å². The number of para-hydroxylation sites is 1. The molecule has 1 aliphatic heterocycles. The fourth-order valence-corrected chi connectivity index (χ4v) is 4.74. The Balaban J connectivity index is 1.72. The van der Waals surface area contributed by atoms with Crippen molar-refractivity contribution in [1.29, 1.82) is 0 Å². The molecule has 2 aromatic rings. The van der Waals surface area contributed by atoms with E-state index in [4.69, 9.17) is 4.74 Å². The van der Waals surface area contributed by atoms with Crippen molar-refractivity contribution >= 4 is 21.6 Å². The number of hydrogen-bond acceptors (Lipinski definition) is 4. The second-order valence-electron chi connectivity index (χ2n) is 6.68. The summed E-state index contributed by atoms with van der Waals surface area (Å²) in [5.74, 6) is 0.0911. The van der Waals surface area contributed by atoms with Gasteiger partial charge >= 0.3 is 0 Å². The van der Waals surface area contributed by atoms with Gasteiger partial charge in [-0.25, -0.2) is 8.42 Å². The van der Waals surface area contributed by atoms with Gasteiger partial charge in [-0.1, -0.05) is 18.2 Å². The van der Waals surface area contributed by atoms with Gasteiger partial charge in [0.15, 0.2) is 0 Å². The van der Waals surface area contributed by atoms with Crippen molar-refractivity contribution in [1.82, 2.24) is 4.31 Å². The molecule has 144 valence electrons. The zero-order valence-corrected chi connectivity index (χ0v) is 16.3. The highest BCUT2D eigenvalue weighted by Crippen LogP contribution is 2.26. The van der Waals surface area contributed by atoms with E-state index in [9.17, 15) is 13.2 Å². The van der Waals surface area contributed by atoms with Gasteiger partial charge in [-0.3, -0.25) is 4.79 Å². The highest BCUT2D eigenvalue weighted by Gasteiger charge is 2.33. The summed E-state index contributed by atoms with van der Waals surface area (Å²) in [6.07, 6.45) is 1.33. The van der Waals surface area contributed by atoms with Gasteiger partial charge in [-0.15, -0.1) is 0 Å². The van der Waals surface area contributed by atoms with Crippen LogP contribution < -0.4 is 10.1 Å². The number of sulfonamides is 1. The SMILES string of the molecule is COc1ccc(S(=O)(=O)N2CCC[C@@H](C(=O)Nc3ccccc3C)C2)cc1. The van der Waals surface area contributed by atoms with Crippen molar-refractivity contribution in [2.24, 2.45) is 5.92 Å². The molecule has 27 heavy (non-hydrogen) atoms. The average Bonchev–Trinajstić information content (AvgIpc) is 2.70. The number of hydrogen-bond donors (Lipinski definition) is 1. The first kappa shape index (κ1) is 19.4. The molecule has 2 aromatic carbocycles. The minimum absolute atomic E-state index is 0.140. The van der Waals surface area contributed by atoms with Crippen LogP contribution in [0.3, 0.4) is 0 Å². The van der Waals surface area contributed by atoms with E-state index in [0.29, 0.717) is 25.1 Å². The van der Waals surface area contributed by atoms with Crippen LogP contribution in [0.1, 0.15) is 18.4 Å². The number of anilines is 1.